The van der Waals surface area contributed by atoms with Crippen LogP contribution in [0.3, 0.4) is 0 Å². The predicted octanol–water partition coefficient (Wildman–Crippen LogP) is 1.80. The molecule has 4 heteroatoms. The molecule has 0 heterocycles. The van der Waals surface area contributed by atoms with Crippen LogP contribution in [0.1, 0.15) is 27.9 Å². The van der Waals surface area contributed by atoms with E-state index in [1.165, 1.54) is 0 Å². The number of nitrogens with one attached hydrogen (secondary N) is 1. The average molecular weight is 243 g/mol. The summed E-state index contributed by atoms with van der Waals surface area (Å²) in [7, 11) is 0. The van der Waals surface area contributed by atoms with E-state index in [4.69, 9.17) is 5.73 Å². The van der Waals surface area contributed by atoms with Crippen molar-refractivity contribution >= 4 is 18.3 Å². The van der Waals surface area contributed by atoms with E-state index < -0.39 is 0 Å². The number of hydrogen-bond donors (Lipinski definition) is 2. The van der Waals surface area contributed by atoms with Crippen LogP contribution >= 0.6 is 12.4 Å². The molecule has 90 valence electrons. The van der Waals surface area contributed by atoms with Crippen LogP contribution in [-0.4, -0.2) is 19.0 Å². The Hall–Kier alpha value is -1.06. The van der Waals surface area contributed by atoms with Crippen LogP contribution in [0.5, 0.6) is 0 Å². The molecule has 1 aromatic carbocycles. The van der Waals surface area contributed by atoms with Crippen molar-refractivity contribution in [2.75, 3.05) is 13.1 Å². The number of halogens is 1. The summed E-state index contributed by atoms with van der Waals surface area (Å²) < 4.78 is 0. The van der Waals surface area contributed by atoms with Gasteiger partial charge in [0, 0.05) is 12.1 Å². The highest BCUT2D eigenvalue weighted by Crippen LogP contribution is 2.10. The third kappa shape index (κ3) is 4.21. The number of nitrogens with two attached hydrogens (primary N) is 1. The fraction of sp³-hybridized carbons (Fsp3) is 0.417. The van der Waals surface area contributed by atoms with Gasteiger partial charge in [-0.1, -0.05) is 17.7 Å². The summed E-state index contributed by atoms with van der Waals surface area (Å²) in [6.07, 6.45) is 0.816. The van der Waals surface area contributed by atoms with Gasteiger partial charge in [-0.25, -0.2) is 0 Å². The van der Waals surface area contributed by atoms with Crippen molar-refractivity contribution in [2.24, 2.45) is 5.73 Å². The van der Waals surface area contributed by atoms with Crippen molar-refractivity contribution in [2.45, 2.75) is 20.3 Å². The first kappa shape index (κ1) is 14.9. The molecule has 0 bridgehead atoms. The highest BCUT2D eigenvalue weighted by atomic mass is 35.5. The van der Waals surface area contributed by atoms with Gasteiger partial charge in [0.05, 0.1) is 0 Å². The average Bonchev–Trinajstić information content (AvgIpc) is 2.22. The summed E-state index contributed by atoms with van der Waals surface area (Å²) >= 11 is 0. The molecule has 0 saturated heterocycles. The first-order valence-electron chi connectivity index (χ1n) is 5.20. The lowest BCUT2D eigenvalue weighted by molar-refractivity contribution is 0.0953. The molecular formula is C12H19ClN2O. The predicted molar refractivity (Wildman–Crippen MR) is 69.2 cm³/mol. The standard InChI is InChI=1S/C12H18N2O.ClH/c1-9-4-5-10(2)11(8-9)12(15)14-7-3-6-13;/h4-5,8H,3,6-7,13H2,1-2H3,(H,14,15);1H. The van der Waals surface area contributed by atoms with Crippen LogP contribution in [0, 0.1) is 13.8 Å². The summed E-state index contributed by atoms with van der Waals surface area (Å²) in [5.74, 6) is -0.00958. The summed E-state index contributed by atoms with van der Waals surface area (Å²) in [5, 5.41) is 2.85. The highest BCUT2D eigenvalue weighted by Gasteiger charge is 2.07. The van der Waals surface area contributed by atoms with Crippen LogP contribution in [-0.2, 0) is 0 Å². The fourth-order valence-electron chi connectivity index (χ4n) is 1.38. The lowest BCUT2D eigenvalue weighted by Gasteiger charge is -2.07. The Balaban J connectivity index is 0.00000225. The number of hydrogen-bond acceptors (Lipinski definition) is 2. The van der Waals surface area contributed by atoms with Crippen molar-refractivity contribution in [3.8, 4) is 0 Å². The molecule has 1 rings (SSSR count). The molecule has 0 aliphatic carbocycles. The second-order valence-corrected chi connectivity index (χ2v) is 3.72. The molecule has 0 radical (unpaired) electrons. The van der Waals surface area contributed by atoms with E-state index in [0.717, 1.165) is 23.1 Å². The third-order valence-corrected chi connectivity index (χ3v) is 2.30. The van der Waals surface area contributed by atoms with Crippen LogP contribution < -0.4 is 11.1 Å². The van der Waals surface area contributed by atoms with Crippen LogP contribution in [0.25, 0.3) is 0 Å². The van der Waals surface area contributed by atoms with Gasteiger partial charge >= 0.3 is 0 Å². The molecule has 0 aliphatic rings. The van der Waals surface area contributed by atoms with Gasteiger partial charge in [0.2, 0.25) is 0 Å². The van der Waals surface area contributed by atoms with Crippen LogP contribution in [0.4, 0.5) is 0 Å². The zero-order valence-electron chi connectivity index (χ0n) is 9.75. The van der Waals surface area contributed by atoms with E-state index in [-0.39, 0.29) is 18.3 Å². The Morgan fingerprint density at radius 3 is 2.69 bits per heavy atom. The second kappa shape index (κ2) is 7.25. The maximum absolute atomic E-state index is 11.7. The normalized spacial score (nSPS) is 9.44. The SMILES string of the molecule is Cc1ccc(C)c(C(=O)NCCCN)c1.Cl. The van der Waals surface area contributed by atoms with Gasteiger partial charge in [0.1, 0.15) is 0 Å². The third-order valence-electron chi connectivity index (χ3n) is 2.30. The molecule has 0 unspecified atom stereocenters. The molecule has 3 nitrogen and oxygen atoms in total. The Morgan fingerprint density at radius 2 is 2.06 bits per heavy atom. The largest absolute Gasteiger partial charge is 0.352 e. The first-order chi connectivity index (χ1) is 7.15. The van der Waals surface area contributed by atoms with E-state index in [9.17, 15) is 4.79 Å². The number of benzene rings is 1. The second-order valence-electron chi connectivity index (χ2n) is 3.72. The molecule has 0 fully saturated rings. The first-order valence-corrected chi connectivity index (χ1v) is 5.20. The quantitative estimate of drug-likeness (QED) is 0.792. The van der Waals surface area contributed by atoms with Crippen LogP contribution in [0.15, 0.2) is 18.2 Å². The number of aryl methyl sites for hydroxylation is 2. The monoisotopic (exact) mass is 242 g/mol. The lowest BCUT2D eigenvalue weighted by atomic mass is 10.1. The van der Waals surface area contributed by atoms with Crippen molar-refractivity contribution in [3.05, 3.63) is 34.9 Å². The molecule has 0 aromatic heterocycles. The number of amides is 1. The Morgan fingerprint density at radius 1 is 1.38 bits per heavy atom. The molecular weight excluding hydrogens is 224 g/mol. The molecule has 0 atom stereocenters. The van der Waals surface area contributed by atoms with Gasteiger partial charge in [0.15, 0.2) is 0 Å². The number of rotatable bonds is 4. The minimum absolute atomic E-state index is 0. The van der Waals surface area contributed by atoms with Crippen molar-refractivity contribution in [1.29, 1.82) is 0 Å². The van der Waals surface area contributed by atoms with Crippen molar-refractivity contribution in [3.63, 3.8) is 0 Å². The van der Waals surface area contributed by atoms with Gasteiger partial charge in [-0.05, 0) is 38.4 Å². The fourth-order valence-corrected chi connectivity index (χ4v) is 1.38. The Labute approximate surface area is 103 Å². The molecule has 0 aliphatic heterocycles. The van der Waals surface area contributed by atoms with E-state index in [1.807, 2.05) is 32.0 Å². The van der Waals surface area contributed by atoms with Crippen molar-refractivity contribution < 1.29 is 4.79 Å². The molecule has 0 saturated carbocycles. The zero-order valence-corrected chi connectivity index (χ0v) is 10.6. The summed E-state index contributed by atoms with van der Waals surface area (Å²) in [4.78, 5) is 11.7. The van der Waals surface area contributed by atoms with Gasteiger partial charge in [-0.3, -0.25) is 4.79 Å². The number of carbonyl (C=O) groups is 1. The van der Waals surface area contributed by atoms with E-state index >= 15 is 0 Å². The van der Waals surface area contributed by atoms with E-state index in [1.54, 1.807) is 0 Å². The lowest BCUT2D eigenvalue weighted by Crippen LogP contribution is -2.26. The van der Waals surface area contributed by atoms with Gasteiger partial charge < -0.3 is 11.1 Å². The molecule has 0 spiro atoms. The number of carbonyl (C=O) groups excluding carboxylic acids is 1. The summed E-state index contributed by atoms with van der Waals surface area (Å²) in [5.41, 5.74) is 8.22. The van der Waals surface area contributed by atoms with Gasteiger partial charge in [-0.2, -0.15) is 0 Å². The molecule has 1 amide bonds. The summed E-state index contributed by atoms with van der Waals surface area (Å²) in [6, 6.07) is 5.88. The Kier molecular flexibility index (Phi) is 6.77. The van der Waals surface area contributed by atoms with E-state index in [2.05, 4.69) is 5.32 Å². The molecule has 3 N–H and O–H groups in total. The smallest absolute Gasteiger partial charge is 0.251 e. The minimum Gasteiger partial charge on any atom is -0.352 e. The summed E-state index contributed by atoms with van der Waals surface area (Å²) in [6.45, 7) is 5.17. The van der Waals surface area contributed by atoms with Gasteiger partial charge in [0.25, 0.3) is 5.91 Å². The highest BCUT2D eigenvalue weighted by molar-refractivity contribution is 5.95. The van der Waals surface area contributed by atoms with Gasteiger partial charge in [-0.15, -0.1) is 12.4 Å². The topological polar surface area (TPSA) is 55.1 Å². The van der Waals surface area contributed by atoms with Crippen LogP contribution in [0.2, 0.25) is 0 Å². The zero-order chi connectivity index (χ0) is 11.3. The maximum atomic E-state index is 11.7. The minimum atomic E-state index is -0.00958. The van der Waals surface area contributed by atoms with E-state index in [0.29, 0.717) is 13.1 Å². The molecule has 16 heavy (non-hydrogen) atoms. The molecule has 1 aromatic rings. The van der Waals surface area contributed by atoms with Crippen molar-refractivity contribution in [1.82, 2.24) is 5.32 Å². The maximum Gasteiger partial charge on any atom is 0.251 e. The Bertz CT molecular complexity index is 353.